The topological polar surface area (TPSA) is 76.8 Å². The van der Waals surface area contributed by atoms with Gasteiger partial charge in [-0.1, -0.05) is 24.9 Å². The van der Waals surface area contributed by atoms with E-state index < -0.39 is 24.0 Å². The van der Waals surface area contributed by atoms with Crippen molar-refractivity contribution in [2.75, 3.05) is 25.1 Å². The van der Waals surface area contributed by atoms with Gasteiger partial charge in [0.15, 0.2) is 17.9 Å². The van der Waals surface area contributed by atoms with Crippen LogP contribution in [0.3, 0.4) is 0 Å². The second kappa shape index (κ2) is 7.42. The molecule has 1 saturated heterocycles. The molecule has 0 radical (unpaired) electrons. The zero-order valence-corrected chi connectivity index (χ0v) is 13.3. The number of hydrogen-bond acceptors (Lipinski definition) is 6. The monoisotopic (exact) mass is 342 g/mol. The summed E-state index contributed by atoms with van der Waals surface area (Å²) in [5, 5.41) is 16.8. The third-order valence-corrected chi connectivity index (χ3v) is 3.95. The lowest BCUT2D eigenvalue weighted by molar-refractivity contribution is -0.0467. The number of nitrogens with one attached hydrogen (secondary N) is 1. The number of aliphatic hydroxyl groups excluding tert-OH is 1. The van der Waals surface area contributed by atoms with Crippen molar-refractivity contribution in [2.45, 2.75) is 38.6 Å². The van der Waals surface area contributed by atoms with Crippen molar-refractivity contribution in [3.63, 3.8) is 0 Å². The molecule has 0 spiro atoms. The number of anilines is 1. The molecule has 0 bridgehead atoms. The normalized spacial score (nSPS) is 16.8. The first-order valence-corrected chi connectivity index (χ1v) is 8.04. The van der Waals surface area contributed by atoms with Gasteiger partial charge in [-0.2, -0.15) is 4.39 Å². The summed E-state index contributed by atoms with van der Waals surface area (Å²) < 4.78 is 43.7. The molecule has 2 N–H and O–H groups in total. The average Bonchev–Trinajstić information content (AvgIpc) is 3.23. The Morgan fingerprint density at radius 3 is 2.79 bits per heavy atom. The molecule has 8 heteroatoms. The third-order valence-electron chi connectivity index (χ3n) is 3.95. The zero-order valence-electron chi connectivity index (χ0n) is 13.3. The Hall–Kier alpha value is -1.77. The van der Waals surface area contributed by atoms with E-state index in [0.29, 0.717) is 19.6 Å². The fraction of sp³-hybridized carbons (Fsp3) is 0.562. The maximum Gasteiger partial charge on any atom is 0.207 e. The van der Waals surface area contributed by atoms with Gasteiger partial charge in [-0.25, -0.2) is 4.39 Å². The van der Waals surface area contributed by atoms with Crippen LogP contribution < -0.4 is 5.32 Å². The van der Waals surface area contributed by atoms with Crippen molar-refractivity contribution in [3.8, 4) is 0 Å². The van der Waals surface area contributed by atoms with Gasteiger partial charge >= 0.3 is 0 Å². The number of aromatic nitrogens is 1. The molecule has 0 saturated carbocycles. The molecule has 1 aromatic heterocycles. The molecule has 3 rings (SSSR count). The van der Waals surface area contributed by atoms with Crippen molar-refractivity contribution in [1.82, 2.24) is 5.16 Å². The van der Waals surface area contributed by atoms with E-state index in [4.69, 9.17) is 14.0 Å². The summed E-state index contributed by atoms with van der Waals surface area (Å²) in [5.41, 5.74) is -0.310. The van der Waals surface area contributed by atoms with Crippen LogP contribution in [0.2, 0.25) is 0 Å². The van der Waals surface area contributed by atoms with Gasteiger partial charge in [0, 0.05) is 12.1 Å². The van der Waals surface area contributed by atoms with Crippen LogP contribution in [0.15, 0.2) is 10.6 Å². The van der Waals surface area contributed by atoms with Crippen LogP contribution in [0.5, 0.6) is 0 Å². The standard InChI is InChI=1S/C16H20F2N2O4/c1-2-3-4-9(21)8-19-15-11-7-10(16-22-5-6-23-16)12(17)13(18)14(11)24-20-15/h7,9,16,21H,2-6,8H2,1H3,(H,19,20). The van der Waals surface area contributed by atoms with Gasteiger partial charge in [-0.15, -0.1) is 0 Å². The van der Waals surface area contributed by atoms with Crippen molar-refractivity contribution in [2.24, 2.45) is 0 Å². The van der Waals surface area contributed by atoms with Gasteiger partial charge in [-0.3, -0.25) is 0 Å². The van der Waals surface area contributed by atoms with E-state index in [-0.39, 0.29) is 28.9 Å². The van der Waals surface area contributed by atoms with Crippen LogP contribution in [-0.2, 0) is 9.47 Å². The van der Waals surface area contributed by atoms with E-state index in [1.165, 1.54) is 6.07 Å². The maximum absolute atomic E-state index is 14.2. The number of halogens is 2. The first-order valence-electron chi connectivity index (χ1n) is 8.04. The summed E-state index contributed by atoms with van der Waals surface area (Å²) >= 11 is 0. The van der Waals surface area contributed by atoms with Crippen molar-refractivity contribution in [3.05, 3.63) is 23.3 Å². The van der Waals surface area contributed by atoms with Crippen LogP contribution in [-0.4, -0.2) is 36.1 Å². The minimum absolute atomic E-state index is 0.0321. The second-order valence-corrected chi connectivity index (χ2v) is 5.75. The smallest absolute Gasteiger partial charge is 0.207 e. The first-order chi connectivity index (χ1) is 11.6. The predicted octanol–water partition coefficient (Wildman–Crippen LogP) is 3.11. The molecule has 132 valence electrons. The second-order valence-electron chi connectivity index (χ2n) is 5.75. The lowest BCUT2D eigenvalue weighted by Crippen LogP contribution is -2.19. The van der Waals surface area contributed by atoms with E-state index in [2.05, 4.69) is 10.5 Å². The maximum atomic E-state index is 14.2. The van der Waals surface area contributed by atoms with Crippen molar-refractivity contribution in [1.29, 1.82) is 0 Å². The fourth-order valence-electron chi connectivity index (χ4n) is 2.63. The Morgan fingerprint density at radius 1 is 1.33 bits per heavy atom. The van der Waals surface area contributed by atoms with E-state index in [1.54, 1.807) is 0 Å². The molecule has 2 aromatic rings. The first kappa shape index (κ1) is 17.1. The summed E-state index contributed by atoms with van der Waals surface area (Å²) in [6.07, 6.45) is 1.05. The molecule has 1 aliphatic rings. The van der Waals surface area contributed by atoms with Crippen molar-refractivity contribution < 1.29 is 27.9 Å². The Labute approximate surface area is 137 Å². The SMILES string of the molecule is CCCCC(O)CNc1noc2c(F)c(F)c(C3OCCO3)cc12. The molecule has 1 atom stereocenters. The number of fused-ring (bicyclic) bond motifs is 1. The predicted molar refractivity (Wildman–Crippen MR) is 82.6 cm³/mol. The summed E-state index contributed by atoms with van der Waals surface area (Å²) in [4.78, 5) is 0. The number of nitrogens with zero attached hydrogens (tertiary/aromatic N) is 1. The molecule has 1 aromatic carbocycles. The molecule has 0 aliphatic carbocycles. The van der Waals surface area contributed by atoms with Crippen LogP contribution in [0.1, 0.15) is 38.0 Å². The molecular formula is C16H20F2N2O4. The van der Waals surface area contributed by atoms with Crippen LogP contribution >= 0.6 is 0 Å². The molecule has 0 amide bonds. The Kier molecular flexibility index (Phi) is 5.27. The number of benzene rings is 1. The summed E-state index contributed by atoms with van der Waals surface area (Å²) in [5.74, 6) is -1.95. The van der Waals surface area contributed by atoms with Crippen LogP contribution in [0.25, 0.3) is 11.0 Å². The largest absolute Gasteiger partial charge is 0.391 e. The van der Waals surface area contributed by atoms with Gasteiger partial charge in [0.25, 0.3) is 0 Å². The minimum atomic E-state index is -1.13. The molecule has 24 heavy (non-hydrogen) atoms. The summed E-state index contributed by atoms with van der Waals surface area (Å²) in [6, 6.07) is 1.40. The third kappa shape index (κ3) is 3.35. The van der Waals surface area contributed by atoms with E-state index >= 15 is 0 Å². The number of hydrogen-bond donors (Lipinski definition) is 2. The quantitative estimate of drug-likeness (QED) is 0.805. The highest BCUT2D eigenvalue weighted by atomic mass is 19.2. The highest BCUT2D eigenvalue weighted by molar-refractivity contribution is 5.89. The molecule has 1 aliphatic heterocycles. The van der Waals surface area contributed by atoms with E-state index in [0.717, 1.165) is 12.8 Å². The highest BCUT2D eigenvalue weighted by Gasteiger charge is 2.28. The molecular weight excluding hydrogens is 322 g/mol. The Bertz CT molecular complexity index is 701. The number of ether oxygens (including phenoxy) is 2. The van der Waals surface area contributed by atoms with Gasteiger partial charge in [0.2, 0.25) is 11.4 Å². The van der Waals surface area contributed by atoms with Gasteiger partial charge in [0.1, 0.15) is 0 Å². The summed E-state index contributed by atoms with van der Waals surface area (Å²) in [6.45, 7) is 2.92. The lowest BCUT2D eigenvalue weighted by Gasteiger charge is -2.12. The lowest BCUT2D eigenvalue weighted by atomic mass is 10.1. The molecule has 1 unspecified atom stereocenters. The number of unbranched alkanes of at least 4 members (excludes halogenated alkanes) is 1. The van der Waals surface area contributed by atoms with E-state index in [1.807, 2.05) is 6.92 Å². The van der Waals surface area contributed by atoms with Crippen LogP contribution in [0.4, 0.5) is 14.6 Å². The van der Waals surface area contributed by atoms with Gasteiger partial charge in [-0.05, 0) is 12.5 Å². The van der Waals surface area contributed by atoms with E-state index in [9.17, 15) is 13.9 Å². The average molecular weight is 342 g/mol. The molecule has 1 fully saturated rings. The zero-order chi connectivity index (χ0) is 17.1. The van der Waals surface area contributed by atoms with Gasteiger partial charge in [0.05, 0.1) is 24.7 Å². The number of aliphatic hydroxyl groups is 1. The molecule has 2 heterocycles. The minimum Gasteiger partial charge on any atom is -0.391 e. The van der Waals surface area contributed by atoms with Crippen LogP contribution in [0, 0.1) is 11.6 Å². The Balaban J connectivity index is 1.84. The highest BCUT2D eigenvalue weighted by Crippen LogP contribution is 2.34. The summed E-state index contributed by atoms with van der Waals surface area (Å²) in [7, 11) is 0. The number of rotatable bonds is 7. The van der Waals surface area contributed by atoms with Crippen molar-refractivity contribution >= 4 is 16.8 Å². The molecule has 6 nitrogen and oxygen atoms in total. The van der Waals surface area contributed by atoms with Gasteiger partial charge < -0.3 is 24.4 Å². The fourth-order valence-corrected chi connectivity index (χ4v) is 2.63. The Morgan fingerprint density at radius 2 is 2.08 bits per heavy atom.